The van der Waals surface area contributed by atoms with Crippen molar-refractivity contribution in [2.75, 3.05) is 6.61 Å². The quantitative estimate of drug-likeness (QED) is 0.724. The van der Waals surface area contributed by atoms with E-state index < -0.39 is 0 Å². The largest absolute Gasteiger partial charge is 0.447 e. The van der Waals surface area contributed by atoms with Crippen molar-refractivity contribution in [2.24, 2.45) is 11.8 Å². The first-order chi connectivity index (χ1) is 7.11. The van der Waals surface area contributed by atoms with Gasteiger partial charge in [0.15, 0.2) is 0 Å². The fourth-order valence-electron chi connectivity index (χ4n) is 2.86. The van der Waals surface area contributed by atoms with Crippen LogP contribution in [-0.2, 0) is 4.74 Å². The summed E-state index contributed by atoms with van der Waals surface area (Å²) in [6, 6.07) is 0. The topological polar surface area (TPSA) is 38.3 Å². The summed E-state index contributed by atoms with van der Waals surface area (Å²) >= 11 is 0. The lowest BCUT2D eigenvalue weighted by atomic mass is 9.87. The van der Waals surface area contributed by atoms with Crippen LogP contribution in [0.15, 0.2) is 0 Å². The minimum absolute atomic E-state index is 0.0271. The molecule has 2 aliphatic rings. The van der Waals surface area contributed by atoms with Gasteiger partial charge in [0.1, 0.15) is 6.61 Å². The Morgan fingerprint density at radius 2 is 2.20 bits per heavy atom. The Bertz CT molecular complexity index is 252. The summed E-state index contributed by atoms with van der Waals surface area (Å²) in [6.07, 6.45) is 5.69. The van der Waals surface area contributed by atoms with Crippen LogP contribution in [0.25, 0.3) is 0 Å². The molecule has 1 amide bonds. The van der Waals surface area contributed by atoms with Crippen LogP contribution in [-0.4, -0.2) is 18.2 Å². The number of cyclic esters (lactones) is 1. The molecule has 86 valence electrons. The van der Waals surface area contributed by atoms with E-state index in [4.69, 9.17) is 4.74 Å². The molecule has 0 aromatic carbocycles. The van der Waals surface area contributed by atoms with E-state index in [1.165, 1.54) is 19.3 Å². The van der Waals surface area contributed by atoms with Gasteiger partial charge in [-0.3, -0.25) is 0 Å². The average Bonchev–Trinajstić information content (AvgIpc) is 2.43. The molecule has 1 N–H and O–H groups in total. The molecule has 1 heterocycles. The first-order valence-electron chi connectivity index (χ1n) is 6.06. The molecule has 1 aliphatic heterocycles. The highest BCUT2D eigenvalue weighted by atomic mass is 16.6. The van der Waals surface area contributed by atoms with Crippen LogP contribution in [0, 0.1) is 11.8 Å². The van der Waals surface area contributed by atoms with Gasteiger partial charge in [0.2, 0.25) is 0 Å². The third-order valence-corrected chi connectivity index (χ3v) is 4.01. The van der Waals surface area contributed by atoms with Crippen molar-refractivity contribution >= 4 is 6.09 Å². The molecular weight excluding hydrogens is 190 g/mol. The van der Waals surface area contributed by atoms with Gasteiger partial charge in [-0.2, -0.15) is 0 Å². The molecule has 1 saturated heterocycles. The van der Waals surface area contributed by atoms with Gasteiger partial charge in [-0.25, -0.2) is 4.79 Å². The van der Waals surface area contributed by atoms with Gasteiger partial charge in [-0.05, 0) is 31.1 Å². The smallest absolute Gasteiger partial charge is 0.407 e. The first kappa shape index (κ1) is 10.8. The number of carbonyl (C=O) groups is 1. The monoisotopic (exact) mass is 211 g/mol. The lowest BCUT2D eigenvalue weighted by Crippen LogP contribution is -2.42. The molecule has 1 saturated carbocycles. The summed E-state index contributed by atoms with van der Waals surface area (Å²) < 4.78 is 5.05. The van der Waals surface area contributed by atoms with Crippen molar-refractivity contribution in [2.45, 2.75) is 51.5 Å². The molecule has 2 atom stereocenters. The van der Waals surface area contributed by atoms with Gasteiger partial charge in [-0.1, -0.05) is 26.7 Å². The molecule has 15 heavy (non-hydrogen) atoms. The summed E-state index contributed by atoms with van der Waals surface area (Å²) in [5.74, 6) is 1.58. The Balaban J connectivity index is 1.98. The van der Waals surface area contributed by atoms with E-state index in [-0.39, 0.29) is 11.6 Å². The standard InChI is InChI=1S/C12H21NO2/c1-9(2)10-4-3-6-12(7-5-10)8-15-11(14)13-12/h9-10H,3-8H2,1-2H3,(H,13,14). The zero-order valence-electron chi connectivity index (χ0n) is 9.71. The van der Waals surface area contributed by atoms with Crippen molar-refractivity contribution < 1.29 is 9.53 Å². The maximum Gasteiger partial charge on any atom is 0.407 e. The summed E-state index contributed by atoms with van der Waals surface area (Å²) in [5.41, 5.74) is -0.0271. The van der Waals surface area contributed by atoms with Crippen molar-refractivity contribution in [3.63, 3.8) is 0 Å². The third-order valence-electron chi connectivity index (χ3n) is 4.01. The van der Waals surface area contributed by atoms with Crippen LogP contribution >= 0.6 is 0 Å². The Morgan fingerprint density at radius 3 is 2.80 bits per heavy atom. The number of rotatable bonds is 1. The minimum atomic E-state index is -0.224. The normalized spacial score (nSPS) is 36.5. The second kappa shape index (κ2) is 4.03. The molecule has 0 bridgehead atoms. The van der Waals surface area contributed by atoms with Crippen LogP contribution in [0.2, 0.25) is 0 Å². The molecule has 2 fully saturated rings. The number of nitrogens with one attached hydrogen (secondary N) is 1. The fourth-order valence-corrected chi connectivity index (χ4v) is 2.86. The maximum atomic E-state index is 11.1. The van der Waals surface area contributed by atoms with Gasteiger partial charge < -0.3 is 10.1 Å². The molecule has 2 rings (SSSR count). The van der Waals surface area contributed by atoms with Crippen LogP contribution < -0.4 is 5.32 Å². The number of alkyl carbamates (subject to hydrolysis) is 1. The highest BCUT2D eigenvalue weighted by Gasteiger charge is 2.40. The number of ether oxygens (including phenoxy) is 1. The molecule has 3 nitrogen and oxygen atoms in total. The molecule has 1 aliphatic carbocycles. The van der Waals surface area contributed by atoms with Crippen LogP contribution in [0.1, 0.15) is 46.0 Å². The average molecular weight is 211 g/mol. The van der Waals surface area contributed by atoms with E-state index in [0.29, 0.717) is 6.61 Å². The Labute approximate surface area is 91.6 Å². The van der Waals surface area contributed by atoms with E-state index in [0.717, 1.165) is 24.7 Å². The molecule has 0 radical (unpaired) electrons. The molecular formula is C12H21NO2. The second-order valence-corrected chi connectivity index (χ2v) is 5.42. The lowest BCUT2D eigenvalue weighted by Gasteiger charge is -2.24. The number of amides is 1. The van der Waals surface area contributed by atoms with Gasteiger partial charge >= 0.3 is 6.09 Å². The molecule has 0 aromatic rings. The van der Waals surface area contributed by atoms with Crippen molar-refractivity contribution in [1.82, 2.24) is 5.32 Å². The maximum absolute atomic E-state index is 11.1. The highest BCUT2D eigenvalue weighted by molar-refractivity contribution is 5.70. The molecule has 3 heteroatoms. The SMILES string of the molecule is CC(C)C1CCCC2(CC1)COC(=O)N2. The van der Waals surface area contributed by atoms with Crippen LogP contribution in [0.5, 0.6) is 0 Å². The first-order valence-corrected chi connectivity index (χ1v) is 6.06. The second-order valence-electron chi connectivity index (χ2n) is 5.42. The number of hydrogen-bond donors (Lipinski definition) is 1. The van der Waals surface area contributed by atoms with E-state index in [1.807, 2.05) is 0 Å². The van der Waals surface area contributed by atoms with Gasteiger partial charge in [0.25, 0.3) is 0 Å². The predicted octanol–water partition coefficient (Wildman–Crippen LogP) is 2.70. The summed E-state index contributed by atoms with van der Waals surface area (Å²) in [6.45, 7) is 5.18. The van der Waals surface area contributed by atoms with E-state index in [9.17, 15) is 4.79 Å². The zero-order chi connectivity index (χ0) is 10.9. The van der Waals surface area contributed by atoms with Crippen molar-refractivity contribution in [3.05, 3.63) is 0 Å². The van der Waals surface area contributed by atoms with Crippen LogP contribution in [0.4, 0.5) is 4.79 Å². The molecule has 2 unspecified atom stereocenters. The number of hydrogen-bond acceptors (Lipinski definition) is 2. The fraction of sp³-hybridized carbons (Fsp3) is 0.917. The van der Waals surface area contributed by atoms with E-state index in [2.05, 4.69) is 19.2 Å². The van der Waals surface area contributed by atoms with Gasteiger partial charge in [0, 0.05) is 0 Å². The predicted molar refractivity (Wildman–Crippen MR) is 58.6 cm³/mol. The van der Waals surface area contributed by atoms with Crippen molar-refractivity contribution in [1.29, 1.82) is 0 Å². The summed E-state index contributed by atoms with van der Waals surface area (Å²) in [5, 5.41) is 3.01. The van der Waals surface area contributed by atoms with Crippen molar-refractivity contribution in [3.8, 4) is 0 Å². The Hall–Kier alpha value is -0.730. The Morgan fingerprint density at radius 1 is 1.40 bits per heavy atom. The Kier molecular flexibility index (Phi) is 2.89. The van der Waals surface area contributed by atoms with E-state index >= 15 is 0 Å². The summed E-state index contributed by atoms with van der Waals surface area (Å²) in [4.78, 5) is 11.1. The minimum Gasteiger partial charge on any atom is -0.447 e. The number of carbonyl (C=O) groups excluding carboxylic acids is 1. The zero-order valence-corrected chi connectivity index (χ0v) is 9.71. The van der Waals surface area contributed by atoms with Gasteiger partial charge in [0.05, 0.1) is 5.54 Å². The third kappa shape index (κ3) is 2.27. The molecule has 1 spiro atoms. The van der Waals surface area contributed by atoms with Gasteiger partial charge in [-0.15, -0.1) is 0 Å². The van der Waals surface area contributed by atoms with Crippen LogP contribution in [0.3, 0.4) is 0 Å². The highest BCUT2D eigenvalue weighted by Crippen LogP contribution is 2.35. The lowest BCUT2D eigenvalue weighted by molar-refractivity contribution is 0.169. The molecule has 0 aromatic heterocycles. The van der Waals surface area contributed by atoms with E-state index in [1.54, 1.807) is 0 Å². The summed E-state index contributed by atoms with van der Waals surface area (Å²) in [7, 11) is 0.